The van der Waals surface area contributed by atoms with E-state index in [0.29, 0.717) is 15.8 Å². The number of rotatable bonds is 3. The third-order valence-electron chi connectivity index (χ3n) is 3.46. The highest BCUT2D eigenvalue weighted by atomic mass is 35.5. The van der Waals surface area contributed by atoms with E-state index in [0.717, 1.165) is 5.56 Å². The Kier molecular flexibility index (Phi) is 5.00. The number of aromatic nitrogens is 1. The Morgan fingerprint density at radius 3 is 2.58 bits per heavy atom. The molecule has 10 heteroatoms. The topological polar surface area (TPSA) is 88.2 Å². The quantitative estimate of drug-likeness (QED) is 0.768. The summed E-state index contributed by atoms with van der Waals surface area (Å²) in [6, 6.07) is 6.06. The van der Waals surface area contributed by atoms with Gasteiger partial charge in [0.2, 0.25) is 0 Å². The SMILES string of the molecule is O=C(Nc1nc(-c2ccc(Cl)cc2)cs1)N[C@@H]1CS(=O)(=O)C[C@H]1Cl. The van der Waals surface area contributed by atoms with Crippen LogP contribution in [0.15, 0.2) is 29.6 Å². The highest BCUT2D eigenvalue weighted by Crippen LogP contribution is 2.26. The summed E-state index contributed by atoms with van der Waals surface area (Å²) in [6.07, 6.45) is 0. The molecule has 2 amide bonds. The molecule has 0 radical (unpaired) electrons. The van der Waals surface area contributed by atoms with E-state index in [1.165, 1.54) is 11.3 Å². The minimum absolute atomic E-state index is 0.128. The van der Waals surface area contributed by atoms with Gasteiger partial charge in [0.1, 0.15) is 0 Å². The monoisotopic (exact) mass is 405 g/mol. The average Bonchev–Trinajstić information content (AvgIpc) is 3.04. The molecule has 1 aromatic carbocycles. The molecular formula is C14H13Cl2N3O3S2. The van der Waals surface area contributed by atoms with Crippen LogP contribution in [0.25, 0.3) is 11.3 Å². The van der Waals surface area contributed by atoms with Crippen molar-refractivity contribution in [2.75, 3.05) is 16.8 Å². The molecule has 1 aromatic heterocycles. The highest BCUT2D eigenvalue weighted by Gasteiger charge is 2.37. The maximum atomic E-state index is 12.0. The fraction of sp³-hybridized carbons (Fsp3) is 0.286. The second-order valence-corrected chi connectivity index (χ2v) is 9.35. The van der Waals surface area contributed by atoms with Crippen molar-refractivity contribution in [2.45, 2.75) is 11.4 Å². The molecule has 0 saturated carbocycles. The van der Waals surface area contributed by atoms with Crippen LogP contribution >= 0.6 is 34.5 Å². The molecule has 2 N–H and O–H groups in total. The van der Waals surface area contributed by atoms with E-state index < -0.39 is 27.3 Å². The number of alkyl halides is 1. The molecule has 0 aliphatic carbocycles. The zero-order valence-corrected chi connectivity index (χ0v) is 15.3. The zero-order chi connectivity index (χ0) is 17.3. The van der Waals surface area contributed by atoms with E-state index in [-0.39, 0.29) is 11.5 Å². The Morgan fingerprint density at radius 2 is 1.96 bits per heavy atom. The highest BCUT2D eigenvalue weighted by molar-refractivity contribution is 7.91. The molecule has 2 atom stereocenters. The Balaban J connectivity index is 1.62. The summed E-state index contributed by atoms with van der Waals surface area (Å²) in [5.41, 5.74) is 1.59. The molecule has 1 aliphatic rings. The fourth-order valence-electron chi connectivity index (χ4n) is 2.32. The number of carbonyl (C=O) groups is 1. The molecule has 0 bridgehead atoms. The van der Waals surface area contributed by atoms with Gasteiger partial charge in [-0.05, 0) is 12.1 Å². The second kappa shape index (κ2) is 6.87. The van der Waals surface area contributed by atoms with Crippen molar-refractivity contribution >= 4 is 55.5 Å². The van der Waals surface area contributed by atoms with Crippen LogP contribution in [0, 0.1) is 0 Å². The molecular weight excluding hydrogens is 393 g/mol. The first-order valence-electron chi connectivity index (χ1n) is 6.96. The van der Waals surface area contributed by atoms with Gasteiger partial charge in [0.25, 0.3) is 0 Å². The molecule has 2 aromatic rings. The van der Waals surface area contributed by atoms with Crippen molar-refractivity contribution in [3.63, 3.8) is 0 Å². The standard InChI is InChI=1S/C14H13Cl2N3O3S2/c15-9-3-1-8(2-4-9)11-5-23-14(18-11)19-13(20)17-12-7-24(21,22)6-10(12)16/h1-5,10,12H,6-7H2,(H2,17,18,19,20)/t10-,12-/m1/s1. The summed E-state index contributed by atoms with van der Waals surface area (Å²) in [4.78, 5) is 16.3. The molecule has 3 rings (SSSR count). The fourth-order valence-corrected chi connectivity index (χ4v) is 5.71. The zero-order valence-electron chi connectivity index (χ0n) is 12.2. The van der Waals surface area contributed by atoms with Crippen LogP contribution in [0.5, 0.6) is 0 Å². The number of carbonyl (C=O) groups excluding carboxylic acids is 1. The number of anilines is 1. The number of nitrogens with zero attached hydrogens (tertiary/aromatic N) is 1. The van der Waals surface area contributed by atoms with E-state index >= 15 is 0 Å². The van der Waals surface area contributed by atoms with Crippen LogP contribution in [0.1, 0.15) is 0 Å². The molecule has 6 nitrogen and oxygen atoms in total. The molecule has 24 heavy (non-hydrogen) atoms. The number of halogens is 2. The number of hydrogen-bond donors (Lipinski definition) is 2. The van der Waals surface area contributed by atoms with Gasteiger partial charge < -0.3 is 5.32 Å². The molecule has 1 fully saturated rings. The van der Waals surface area contributed by atoms with E-state index in [9.17, 15) is 13.2 Å². The van der Waals surface area contributed by atoms with Gasteiger partial charge in [-0.3, -0.25) is 5.32 Å². The van der Waals surface area contributed by atoms with Gasteiger partial charge in [-0.1, -0.05) is 23.7 Å². The lowest BCUT2D eigenvalue weighted by molar-refractivity contribution is 0.249. The maximum absolute atomic E-state index is 12.0. The Labute approximate surface area is 153 Å². The number of thiazole rings is 1. The van der Waals surface area contributed by atoms with Crippen molar-refractivity contribution in [1.29, 1.82) is 0 Å². The summed E-state index contributed by atoms with van der Waals surface area (Å²) in [5, 5.41) is 7.40. The average molecular weight is 406 g/mol. The number of nitrogens with one attached hydrogen (secondary N) is 2. The van der Waals surface area contributed by atoms with Crippen LogP contribution in [-0.2, 0) is 9.84 Å². The van der Waals surface area contributed by atoms with E-state index in [4.69, 9.17) is 23.2 Å². The predicted molar refractivity (Wildman–Crippen MR) is 96.8 cm³/mol. The minimum Gasteiger partial charge on any atom is -0.333 e. The normalized spacial score (nSPS) is 22.2. The molecule has 0 spiro atoms. The summed E-state index contributed by atoms with van der Waals surface area (Å²) in [5.74, 6) is -0.278. The maximum Gasteiger partial charge on any atom is 0.321 e. The molecule has 0 unspecified atom stereocenters. The summed E-state index contributed by atoms with van der Waals surface area (Å²) in [6.45, 7) is 0. The van der Waals surface area contributed by atoms with Gasteiger partial charge in [0.05, 0.1) is 28.6 Å². The number of benzene rings is 1. The Bertz CT molecular complexity index is 852. The predicted octanol–water partition coefficient (Wildman–Crippen LogP) is 2.99. The first-order valence-corrected chi connectivity index (χ1v) is 10.5. The van der Waals surface area contributed by atoms with Crippen molar-refractivity contribution in [2.24, 2.45) is 0 Å². The first-order chi connectivity index (χ1) is 11.3. The van der Waals surface area contributed by atoms with E-state index in [2.05, 4.69) is 15.6 Å². The molecule has 128 valence electrons. The number of amides is 2. The van der Waals surface area contributed by atoms with Gasteiger partial charge in [-0.25, -0.2) is 18.2 Å². The number of hydrogen-bond acceptors (Lipinski definition) is 5. The minimum atomic E-state index is -3.20. The van der Waals surface area contributed by atoms with Crippen LogP contribution in [-0.4, -0.2) is 42.4 Å². The van der Waals surface area contributed by atoms with Crippen LogP contribution < -0.4 is 10.6 Å². The van der Waals surface area contributed by atoms with Crippen LogP contribution in [0.4, 0.5) is 9.93 Å². The van der Waals surface area contributed by atoms with Crippen LogP contribution in [0.3, 0.4) is 0 Å². The Morgan fingerprint density at radius 1 is 1.25 bits per heavy atom. The third kappa shape index (κ3) is 4.18. The third-order valence-corrected chi connectivity index (χ3v) is 6.85. The van der Waals surface area contributed by atoms with E-state index in [1.807, 2.05) is 17.5 Å². The lowest BCUT2D eigenvalue weighted by atomic mass is 10.2. The van der Waals surface area contributed by atoms with Gasteiger partial charge >= 0.3 is 6.03 Å². The van der Waals surface area contributed by atoms with Crippen molar-refractivity contribution in [3.8, 4) is 11.3 Å². The second-order valence-electron chi connectivity index (χ2n) is 5.34. The van der Waals surface area contributed by atoms with Crippen molar-refractivity contribution < 1.29 is 13.2 Å². The van der Waals surface area contributed by atoms with Crippen molar-refractivity contribution in [3.05, 3.63) is 34.7 Å². The van der Waals surface area contributed by atoms with Gasteiger partial charge in [-0.15, -0.1) is 22.9 Å². The first kappa shape index (κ1) is 17.5. The summed E-state index contributed by atoms with van der Waals surface area (Å²) >= 11 is 13.1. The summed E-state index contributed by atoms with van der Waals surface area (Å²) < 4.78 is 23.0. The van der Waals surface area contributed by atoms with Gasteiger partial charge in [-0.2, -0.15) is 0 Å². The largest absolute Gasteiger partial charge is 0.333 e. The Hall–Kier alpha value is -1.35. The van der Waals surface area contributed by atoms with Gasteiger partial charge in [0.15, 0.2) is 15.0 Å². The smallest absolute Gasteiger partial charge is 0.321 e. The lowest BCUT2D eigenvalue weighted by Crippen LogP contribution is -2.42. The van der Waals surface area contributed by atoms with Crippen LogP contribution in [0.2, 0.25) is 5.02 Å². The number of urea groups is 1. The van der Waals surface area contributed by atoms with Gasteiger partial charge in [0, 0.05) is 16.0 Å². The summed E-state index contributed by atoms with van der Waals surface area (Å²) in [7, 11) is -3.20. The molecule has 1 saturated heterocycles. The van der Waals surface area contributed by atoms with Crippen molar-refractivity contribution in [1.82, 2.24) is 10.3 Å². The lowest BCUT2D eigenvalue weighted by Gasteiger charge is -2.13. The number of sulfone groups is 1. The molecule has 1 aliphatic heterocycles. The van der Waals surface area contributed by atoms with E-state index in [1.54, 1.807) is 12.1 Å². The molecule has 2 heterocycles.